The lowest BCUT2D eigenvalue weighted by Crippen LogP contribution is -2.40. The SMILES string of the molecule is O=P1(N(CCCl)CCCl)OCCN1C1CC2CCC1C2. The first-order valence-electron chi connectivity index (χ1n) is 7.58. The van der Waals surface area contributed by atoms with Crippen LogP contribution in [0.4, 0.5) is 0 Å². The molecule has 4 unspecified atom stereocenters. The number of fused-ring (bicyclic) bond motifs is 2. The van der Waals surface area contributed by atoms with Gasteiger partial charge in [-0.3, -0.25) is 4.57 Å². The summed E-state index contributed by atoms with van der Waals surface area (Å²) in [5.74, 6) is 2.46. The fourth-order valence-electron chi connectivity index (χ4n) is 4.19. The smallest absolute Gasteiger partial charge is 0.304 e. The molecule has 3 fully saturated rings. The third-order valence-corrected chi connectivity index (χ3v) is 8.15. The van der Waals surface area contributed by atoms with Crippen molar-refractivity contribution < 1.29 is 9.09 Å². The Morgan fingerprint density at radius 1 is 1.20 bits per heavy atom. The molecule has 2 bridgehead atoms. The van der Waals surface area contributed by atoms with Crippen LogP contribution in [0.2, 0.25) is 0 Å². The van der Waals surface area contributed by atoms with E-state index in [0.29, 0.717) is 43.4 Å². The van der Waals surface area contributed by atoms with Crippen LogP contribution in [0.15, 0.2) is 0 Å². The Morgan fingerprint density at radius 3 is 2.50 bits per heavy atom. The maximum absolute atomic E-state index is 13.4. The molecule has 0 aromatic heterocycles. The molecule has 0 amide bonds. The molecule has 20 heavy (non-hydrogen) atoms. The third kappa shape index (κ3) is 2.68. The van der Waals surface area contributed by atoms with Crippen LogP contribution in [0.3, 0.4) is 0 Å². The predicted molar refractivity (Wildman–Crippen MR) is 82.5 cm³/mol. The second-order valence-electron chi connectivity index (χ2n) is 6.06. The fourth-order valence-corrected chi connectivity index (χ4v) is 7.48. The number of hydrogen-bond donors (Lipinski definition) is 0. The van der Waals surface area contributed by atoms with Gasteiger partial charge in [0, 0.05) is 37.4 Å². The molecule has 1 saturated heterocycles. The molecule has 3 rings (SSSR count). The highest BCUT2D eigenvalue weighted by Gasteiger charge is 2.52. The Morgan fingerprint density at radius 2 is 1.95 bits per heavy atom. The molecule has 0 spiro atoms. The van der Waals surface area contributed by atoms with Gasteiger partial charge >= 0.3 is 7.67 Å². The molecule has 0 N–H and O–H groups in total. The highest BCUT2D eigenvalue weighted by atomic mass is 35.5. The Labute approximate surface area is 131 Å². The molecule has 0 radical (unpaired) electrons. The van der Waals surface area contributed by atoms with Crippen molar-refractivity contribution >= 4 is 30.9 Å². The van der Waals surface area contributed by atoms with Crippen molar-refractivity contribution in [1.29, 1.82) is 0 Å². The first-order chi connectivity index (χ1) is 9.69. The molecule has 3 aliphatic rings. The minimum atomic E-state index is -2.90. The maximum atomic E-state index is 13.4. The minimum Gasteiger partial charge on any atom is -0.304 e. The Bertz CT molecular complexity index is 393. The first-order valence-corrected chi connectivity index (χ1v) is 10.2. The molecule has 0 aromatic rings. The van der Waals surface area contributed by atoms with Crippen LogP contribution < -0.4 is 0 Å². The summed E-state index contributed by atoms with van der Waals surface area (Å²) in [6, 6.07) is 0.440. The Hall–Kier alpha value is 0.690. The van der Waals surface area contributed by atoms with E-state index < -0.39 is 7.67 Å². The van der Waals surface area contributed by atoms with Crippen LogP contribution >= 0.6 is 30.9 Å². The van der Waals surface area contributed by atoms with Gasteiger partial charge in [0.1, 0.15) is 0 Å². The Kier molecular flexibility index (Phi) is 5.01. The standard InChI is InChI=1S/C13H23Cl2N2O2P/c14-3-5-16(6-4-15)20(18)17(7-8-19-20)13-10-11-1-2-12(13)9-11/h11-13H,1-10H2. The number of hydrogen-bond acceptors (Lipinski definition) is 2. The van der Waals surface area contributed by atoms with Gasteiger partial charge in [-0.15, -0.1) is 23.2 Å². The molecule has 4 nitrogen and oxygen atoms in total. The van der Waals surface area contributed by atoms with Gasteiger partial charge in [0.15, 0.2) is 0 Å². The lowest BCUT2D eigenvalue weighted by Gasteiger charge is -2.38. The summed E-state index contributed by atoms with van der Waals surface area (Å²) in [5, 5.41) is 0. The first kappa shape index (κ1) is 15.6. The second-order valence-corrected chi connectivity index (χ2v) is 9.14. The van der Waals surface area contributed by atoms with Crippen molar-refractivity contribution in [3.05, 3.63) is 0 Å². The fraction of sp³-hybridized carbons (Fsp3) is 1.00. The van der Waals surface area contributed by atoms with E-state index in [4.69, 9.17) is 27.7 Å². The molecule has 1 aliphatic heterocycles. The maximum Gasteiger partial charge on any atom is 0.346 e. The van der Waals surface area contributed by atoms with E-state index in [2.05, 4.69) is 4.67 Å². The van der Waals surface area contributed by atoms with Crippen LogP contribution in [-0.4, -0.2) is 53.4 Å². The number of nitrogens with zero attached hydrogens (tertiary/aromatic N) is 2. The molecule has 0 aromatic carbocycles. The van der Waals surface area contributed by atoms with Gasteiger partial charge in [-0.25, -0.2) is 9.34 Å². The van der Waals surface area contributed by atoms with Crippen LogP contribution in [0, 0.1) is 11.8 Å². The van der Waals surface area contributed by atoms with Crippen molar-refractivity contribution in [3.63, 3.8) is 0 Å². The van der Waals surface area contributed by atoms with Crippen molar-refractivity contribution in [2.45, 2.75) is 31.7 Å². The van der Waals surface area contributed by atoms with E-state index in [1.54, 1.807) is 0 Å². The molecule has 116 valence electrons. The molecule has 2 aliphatic carbocycles. The molecule has 7 heteroatoms. The summed E-state index contributed by atoms with van der Waals surface area (Å²) in [6.07, 6.45) is 5.14. The normalized spacial score (nSPS) is 41.0. The van der Waals surface area contributed by atoms with Crippen LogP contribution in [0.25, 0.3) is 0 Å². The van der Waals surface area contributed by atoms with Gasteiger partial charge in [0.05, 0.1) is 6.61 Å². The van der Waals surface area contributed by atoms with E-state index in [9.17, 15) is 4.57 Å². The van der Waals surface area contributed by atoms with Gasteiger partial charge in [-0.1, -0.05) is 6.42 Å². The van der Waals surface area contributed by atoms with Crippen LogP contribution in [-0.2, 0) is 9.09 Å². The van der Waals surface area contributed by atoms with Gasteiger partial charge in [0.2, 0.25) is 0 Å². The Balaban J connectivity index is 1.77. The largest absolute Gasteiger partial charge is 0.346 e. The van der Waals surface area contributed by atoms with Gasteiger partial charge in [0.25, 0.3) is 0 Å². The van der Waals surface area contributed by atoms with Crippen molar-refractivity contribution in [2.75, 3.05) is 38.0 Å². The third-order valence-electron chi connectivity index (χ3n) is 5.03. The summed E-state index contributed by atoms with van der Waals surface area (Å²) >= 11 is 11.7. The van der Waals surface area contributed by atoms with Crippen LogP contribution in [0.5, 0.6) is 0 Å². The second kappa shape index (κ2) is 6.44. The number of alkyl halides is 2. The predicted octanol–water partition coefficient (Wildman–Crippen LogP) is 3.39. The topological polar surface area (TPSA) is 32.8 Å². The zero-order valence-corrected chi connectivity index (χ0v) is 14.1. The van der Waals surface area contributed by atoms with E-state index in [1.165, 1.54) is 25.7 Å². The monoisotopic (exact) mass is 340 g/mol. The highest BCUT2D eigenvalue weighted by molar-refractivity contribution is 7.54. The van der Waals surface area contributed by atoms with Gasteiger partial charge in [-0.2, -0.15) is 0 Å². The average molecular weight is 341 g/mol. The van der Waals surface area contributed by atoms with Crippen molar-refractivity contribution in [3.8, 4) is 0 Å². The molecule has 4 atom stereocenters. The average Bonchev–Trinajstić information content (AvgIpc) is 3.13. The summed E-state index contributed by atoms with van der Waals surface area (Å²) < 4.78 is 23.2. The van der Waals surface area contributed by atoms with Gasteiger partial charge in [-0.05, 0) is 31.1 Å². The van der Waals surface area contributed by atoms with E-state index in [-0.39, 0.29) is 0 Å². The highest BCUT2D eigenvalue weighted by Crippen LogP contribution is 2.62. The summed E-state index contributed by atoms with van der Waals surface area (Å²) in [6.45, 7) is 2.49. The number of halogens is 2. The summed E-state index contributed by atoms with van der Waals surface area (Å²) in [4.78, 5) is 0. The quantitative estimate of drug-likeness (QED) is 0.548. The van der Waals surface area contributed by atoms with E-state index in [1.807, 2.05) is 4.67 Å². The van der Waals surface area contributed by atoms with Crippen LogP contribution in [0.1, 0.15) is 25.7 Å². The lowest BCUT2D eigenvalue weighted by molar-refractivity contribution is 0.229. The zero-order valence-electron chi connectivity index (χ0n) is 11.7. The van der Waals surface area contributed by atoms with Gasteiger partial charge < -0.3 is 4.52 Å². The van der Waals surface area contributed by atoms with E-state index in [0.717, 1.165) is 12.5 Å². The molecule has 2 saturated carbocycles. The zero-order chi connectivity index (χ0) is 14.2. The summed E-state index contributed by atoms with van der Waals surface area (Å²) in [5.41, 5.74) is 0. The summed E-state index contributed by atoms with van der Waals surface area (Å²) in [7, 11) is -2.90. The van der Waals surface area contributed by atoms with Crippen molar-refractivity contribution in [1.82, 2.24) is 9.34 Å². The minimum absolute atomic E-state index is 0.440. The lowest BCUT2D eigenvalue weighted by atomic mass is 9.95. The molecular formula is C13H23Cl2N2O2P. The number of rotatable bonds is 6. The van der Waals surface area contributed by atoms with E-state index >= 15 is 0 Å². The molecule has 1 heterocycles. The molecular weight excluding hydrogens is 318 g/mol. The van der Waals surface area contributed by atoms with Crippen molar-refractivity contribution in [2.24, 2.45) is 11.8 Å².